The molecule has 2 aromatic carbocycles. The van der Waals surface area contributed by atoms with E-state index in [0.717, 1.165) is 30.1 Å². The van der Waals surface area contributed by atoms with Crippen LogP contribution in [0.15, 0.2) is 52.3 Å². The first-order chi connectivity index (χ1) is 15.4. The van der Waals surface area contributed by atoms with Crippen LogP contribution in [0.4, 0.5) is 5.69 Å². The minimum absolute atomic E-state index is 0.207. The number of ether oxygens (including phenoxy) is 2. The summed E-state index contributed by atoms with van der Waals surface area (Å²) in [5, 5.41) is 2.88. The Morgan fingerprint density at radius 2 is 1.94 bits per heavy atom. The molecule has 7 nitrogen and oxygen atoms in total. The van der Waals surface area contributed by atoms with Gasteiger partial charge in [-0.1, -0.05) is 18.2 Å². The average molecular weight is 477 g/mol. The molecular formula is C23H28N2O5S2. The van der Waals surface area contributed by atoms with Crippen LogP contribution in [0.1, 0.15) is 28.8 Å². The number of hydrogen-bond donors (Lipinski definition) is 1. The fourth-order valence-corrected chi connectivity index (χ4v) is 6.60. The summed E-state index contributed by atoms with van der Waals surface area (Å²) in [5.74, 6) is 0.538. The van der Waals surface area contributed by atoms with Gasteiger partial charge in [-0.2, -0.15) is 4.31 Å². The molecule has 0 saturated carbocycles. The molecule has 9 heteroatoms. The van der Waals surface area contributed by atoms with Gasteiger partial charge < -0.3 is 14.8 Å². The van der Waals surface area contributed by atoms with E-state index >= 15 is 0 Å². The largest absolute Gasteiger partial charge is 0.379 e. The van der Waals surface area contributed by atoms with Crippen molar-refractivity contribution in [2.24, 2.45) is 0 Å². The summed E-state index contributed by atoms with van der Waals surface area (Å²) in [5.41, 5.74) is 1.65. The SMILES string of the molecule is Cc1ccc(NC(=O)c2ccccc2SC[C@H]2CCCO2)cc1S(=O)(=O)N1CCOCC1. The number of nitrogens with one attached hydrogen (secondary N) is 1. The molecule has 1 atom stereocenters. The van der Waals surface area contributed by atoms with E-state index in [9.17, 15) is 13.2 Å². The fraction of sp³-hybridized carbons (Fsp3) is 0.435. The Labute approximate surface area is 193 Å². The van der Waals surface area contributed by atoms with Crippen molar-refractivity contribution in [3.8, 4) is 0 Å². The molecule has 172 valence electrons. The molecule has 0 aromatic heterocycles. The van der Waals surface area contributed by atoms with Crippen molar-refractivity contribution >= 4 is 33.4 Å². The number of hydrogen-bond acceptors (Lipinski definition) is 6. The maximum atomic E-state index is 13.1. The predicted molar refractivity (Wildman–Crippen MR) is 125 cm³/mol. The molecule has 0 radical (unpaired) electrons. The number of sulfonamides is 1. The number of thioether (sulfide) groups is 1. The van der Waals surface area contributed by atoms with Gasteiger partial charge in [0.1, 0.15) is 0 Å². The smallest absolute Gasteiger partial charge is 0.256 e. The van der Waals surface area contributed by atoms with Crippen LogP contribution in [-0.4, -0.2) is 63.4 Å². The van der Waals surface area contributed by atoms with Crippen molar-refractivity contribution in [3.05, 3.63) is 53.6 Å². The molecule has 2 fully saturated rings. The van der Waals surface area contributed by atoms with E-state index in [1.165, 1.54) is 4.31 Å². The minimum Gasteiger partial charge on any atom is -0.379 e. The van der Waals surface area contributed by atoms with Crippen LogP contribution in [0.25, 0.3) is 0 Å². The number of nitrogens with zero attached hydrogens (tertiary/aromatic N) is 1. The van der Waals surface area contributed by atoms with E-state index in [1.54, 1.807) is 43.0 Å². The molecule has 1 N–H and O–H groups in total. The van der Waals surface area contributed by atoms with Gasteiger partial charge in [-0.25, -0.2) is 8.42 Å². The third-order valence-corrected chi connectivity index (χ3v) is 8.86. The van der Waals surface area contributed by atoms with Crippen molar-refractivity contribution in [1.82, 2.24) is 4.31 Å². The van der Waals surface area contributed by atoms with Crippen LogP contribution in [0.5, 0.6) is 0 Å². The summed E-state index contributed by atoms with van der Waals surface area (Å²) < 4.78 is 38.6. The Balaban J connectivity index is 1.51. The minimum atomic E-state index is -3.66. The van der Waals surface area contributed by atoms with E-state index in [-0.39, 0.29) is 16.9 Å². The summed E-state index contributed by atoms with van der Waals surface area (Å²) >= 11 is 1.61. The molecule has 0 bridgehead atoms. The third-order valence-electron chi connectivity index (χ3n) is 5.61. The molecule has 32 heavy (non-hydrogen) atoms. The standard InChI is InChI=1S/C23H28N2O5S2/c1-17-8-9-18(15-22(17)32(27,28)25-10-13-29-14-11-25)24-23(26)20-6-2-3-7-21(20)31-16-19-5-4-12-30-19/h2-3,6-9,15,19H,4-5,10-14,16H2,1H3,(H,24,26)/t19-/m1/s1. The Morgan fingerprint density at radius 3 is 2.69 bits per heavy atom. The van der Waals surface area contributed by atoms with Gasteiger partial charge in [0.2, 0.25) is 10.0 Å². The van der Waals surface area contributed by atoms with Gasteiger partial charge in [-0.15, -0.1) is 11.8 Å². The molecule has 2 aromatic rings. The third kappa shape index (κ3) is 5.35. The van der Waals surface area contributed by atoms with E-state index in [2.05, 4.69) is 5.32 Å². The van der Waals surface area contributed by atoms with Crippen molar-refractivity contribution in [2.75, 3.05) is 44.0 Å². The first-order valence-electron chi connectivity index (χ1n) is 10.8. The zero-order valence-corrected chi connectivity index (χ0v) is 19.7. The number of anilines is 1. The van der Waals surface area contributed by atoms with Crippen molar-refractivity contribution in [2.45, 2.75) is 35.7 Å². The van der Waals surface area contributed by atoms with E-state index in [4.69, 9.17) is 9.47 Å². The molecule has 2 heterocycles. The summed E-state index contributed by atoms with van der Waals surface area (Å²) in [6, 6.07) is 12.4. The molecule has 0 aliphatic carbocycles. The predicted octanol–water partition coefficient (Wildman–Crippen LogP) is 3.54. The average Bonchev–Trinajstić information content (AvgIpc) is 3.33. The van der Waals surface area contributed by atoms with Gasteiger partial charge >= 0.3 is 0 Å². The lowest BCUT2D eigenvalue weighted by atomic mass is 10.2. The second kappa shape index (κ2) is 10.4. The summed E-state index contributed by atoms with van der Waals surface area (Å²) in [7, 11) is -3.66. The first kappa shape index (κ1) is 23.3. The number of benzene rings is 2. The van der Waals surface area contributed by atoms with Crippen LogP contribution in [0.3, 0.4) is 0 Å². The lowest BCUT2D eigenvalue weighted by molar-refractivity contribution is 0.0730. The summed E-state index contributed by atoms with van der Waals surface area (Å²) in [4.78, 5) is 14.1. The molecule has 2 aliphatic rings. The lowest BCUT2D eigenvalue weighted by Gasteiger charge is -2.26. The molecule has 0 spiro atoms. The van der Waals surface area contributed by atoms with Crippen molar-refractivity contribution in [1.29, 1.82) is 0 Å². The second-order valence-corrected chi connectivity index (χ2v) is 10.9. The van der Waals surface area contributed by atoms with Crippen molar-refractivity contribution < 1.29 is 22.7 Å². The molecular weight excluding hydrogens is 448 g/mol. The number of rotatable bonds is 7. The summed E-state index contributed by atoms with van der Waals surface area (Å²) in [6.45, 7) is 3.98. The first-order valence-corrected chi connectivity index (χ1v) is 13.2. The van der Waals surface area contributed by atoms with Gasteiger partial charge in [0, 0.05) is 36.0 Å². The Hall–Kier alpha value is -1.91. The molecule has 4 rings (SSSR count). The number of aryl methyl sites for hydroxylation is 1. The van der Waals surface area contributed by atoms with Crippen LogP contribution >= 0.6 is 11.8 Å². The Kier molecular flexibility index (Phi) is 7.52. The summed E-state index contributed by atoms with van der Waals surface area (Å²) in [6.07, 6.45) is 2.35. The second-order valence-electron chi connectivity index (χ2n) is 7.89. The van der Waals surface area contributed by atoms with Gasteiger partial charge in [0.05, 0.1) is 29.8 Å². The van der Waals surface area contributed by atoms with Gasteiger partial charge in [0.25, 0.3) is 5.91 Å². The van der Waals surface area contributed by atoms with E-state index in [0.29, 0.717) is 43.1 Å². The lowest BCUT2D eigenvalue weighted by Crippen LogP contribution is -2.40. The maximum Gasteiger partial charge on any atom is 0.256 e. The molecule has 1 amide bonds. The van der Waals surface area contributed by atoms with Crippen LogP contribution in [0, 0.1) is 6.92 Å². The zero-order valence-electron chi connectivity index (χ0n) is 18.1. The highest BCUT2D eigenvalue weighted by Crippen LogP contribution is 2.28. The molecule has 2 aliphatic heterocycles. The highest BCUT2D eigenvalue weighted by atomic mass is 32.2. The van der Waals surface area contributed by atoms with E-state index < -0.39 is 10.0 Å². The zero-order chi connectivity index (χ0) is 22.6. The number of carbonyl (C=O) groups is 1. The van der Waals surface area contributed by atoms with Crippen molar-refractivity contribution in [3.63, 3.8) is 0 Å². The van der Waals surface area contributed by atoms with Crippen LogP contribution in [-0.2, 0) is 19.5 Å². The molecule has 2 saturated heterocycles. The van der Waals surface area contributed by atoms with Crippen LogP contribution in [0.2, 0.25) is 0 Å². The topological polar surface area (TPSA) is 84.9 Å². The monoisotopic (exact) mass is 476 g/mol. The number of morpholine rings is 1. The number of carbonyl (C=O) groups excluding carboxylic acids is 1. The fourth-order valence-electron chi connectivity index (χ4n) is 3.82. The van der Waals surface area contributed by atoms with Crippen LogP contribution < -0.4 is 5.32 Å². The normalized spacial score (nSPS) is 19.7. The Bertz CT molecular complexity index is 1060. The molecule has 0 unspecified atom stereocenters. The Morgan fingerprint density at radius 1 is 1.16 bits per heavy atom. The number of amides is 1. The van der Waals surface area contributed by atoms with Gasteiger partial charge in [0.15, 0.2) is 0 Å². The van der Waals surface area contributed by atoms with Gasteiger partial charge in [-0.3, -0.25) is 4.79 Å². The quantitative estimate of drug-likeness (QED) is 0.616. The van der Waals surface area contributed by atoms with E-state index in [1.807, 2.05) is 18.2 Å². The highest BCUT2D eigenvalue weighted by molar-refractivity contribution is 7.99. The highest BCUT2D eigenvalue weighted by Gasteiger charge is 2.28. The maximum absolute atomic E-state index is 13.1. The van der Waals surface area contributed by atoms with Gasteiger partial charge in [-0.05, 0) is 49.6 Å².